The third-order valence-electron chi connectivity index (χ3n) is 11.8. The number of carbonyl (C=O) groups is 2. The van der Waals surface area contributed by atoms with Crippen LogP contribution in [0.1, 0.15) is 278 Å². The third-order valence-corrected chi connectivity index (χ3v) is 11.8. The fourth-order valence-electron chi connectivity index (χ4n) is 7.96. The number of esters is 1. The van der Waals surface area contributed by atoms with Gasteiger partial charge in [0.1, 0.15) is 6.10 Å². The predicted octanol–water partition coefficient (Wildman–Crippen LogP) is 15.0. The molecule has 1 amide bonds. The molecule has 0 aromatic heterocycles. The summed E-state index contributed by atoms with van der Waals surface area (Å²) in [4.78, 5) is 26.0. The predicted molar refractivity (Wildman–Crippen MR) is 246 cm³/mol. The molecule has 3 atom stereocenters. The fraction of sp³-hybridized carbons (Fsp3) is 0.922. The van der Waals surface area contributed by atoms with E-state index < -0.39 is 18.2 Å². The molecule has 0 saturated carbocycles. The molecule has 0 bridgehead atoms. The molecule has 0 aliphatic rings. The van der Waals surface area contributed by atoms with E-state index in [1.54, 1.807) is 0 Å². The molecule has 0 aromatic carbocycles. The van der Waals surface area contributed by atoms with E-state index in [0.717, 1.165) is 57.8 Å². The first kappa shape index (κ1) is 55.6. The fourth-order valence-corrected chi connectivity index (χ4v) is 7.96. The normalized spacial score (nSPS) is 13.3. The van der Waals surface area contributed by atoms with Crippen LogP contribution in [0, 0.1) is 0 Å². The number of amides is 1. The molecule has 0 spiro atoms. The maximum atomic E-state index is 13.2. The monoisotopic (exact) mass is 806 g/mol. The second kappa shape index (κ2) is 45.7. The lowest BCUT2D eigenvalue weighted by Gasteiger charge is -2.24. The van der Waals surface area contributed by atoms with E-state index in [0.29, 0.717) is 19.3 Å². The Kier molecular flexibility index (Phi) is 44.6. The number of aliphatic hydroxyl groups excluding tert-OH is 2. The maximum absolute atomic E-state index is 13.2. The SMILES string of the molecule is CCC/C=C\CCCCCCCC(=O)OC(CCCCCCCCCCCCCCCCCCC)CC(=O)NC(CO)C(O)CCCCCCCCCCCCC. The Balaban J connectivity index is 4.51. The molecule has 0 aromatic rings. The number of aliphatic hydroxyl groups is 2. The Morgan fingerprint density at radius 1 is 0.491 bits per heavy atom. The van der Waals surface area contributed by atoms with Crippen LogP contribution >= 0.6 is 0 Å². The van der Waals surface area contributed by atoms with Crippen LogP contribution in [0.5, 0.6) is 0 Å². The van der Waals surface area contributed by atoms with Crippen LogP contribution < -0.4 is 5.32 Å². The summed E-state index contributed by atoms with van der Waals surface area (Å²) in [5.74, 6) is -0.470. The molecule has 3 unspecified atom stereocenters. The van der Waals surface area contributed by atoms with Crippen molar-refractivity contribution in [3.63, 3.8) is 0 Å². The van der Waals surface area contributed by atoms with E-state index in [-0.39, 0.29) is 24.9 Å². The summed E-state index contributed by atoms with van der Waals surface area (Å²) >= 11 is 0. The van der Waals surface area contributed by atoms with Gasteiger partial charge in [-0.25, -0.2) is 0 Å². The molecule has 338 valence electrons. The number of carbonyl (C=O) groups excluding carboxylic acids is 2. The van der Waals surface area contributed by atoms with Crippen molar-refractivity contribution < 1.29 is 24.5 Å². The Labute approximate surface area is 355 Å². The molecule has 0 fully saturated rings. The highest BCUT2D eigenvalue weighted by molar-refractivity contribution is 5.77. The Morgan fingerprint density at radius 3 is 1.32 bits per heavy atom. The minimum atomic E-state index is -0.781. The number of hydrogen-bond donors (Lipinski definition) is 3. The van der Waals surface area contributed by atoms with E-state index in [1.165, 1.54) is 173 Å². The average molecular weight is 806 g/mol. The van der Waals surface area contributed by atoms with Crippen LogP contribution in [0.25, 0.3) is 0 Å². The summed E-state index contributed by atoms with van der Waals surface area (Å²) in [6, 6.07) is -0.695. The van der Waals surface area contributed by atoms with Crippen LogP contribution in [0.2, 0.25) is 0 Å². The van der Waals surface area contributed by atoms with Crippen molar-refractivity contribution in [2.24, 2.45) is 0 Å². The van der Waals surface area contributed by atoms with Gasteiger partial charge in [-0.3, -0.25) is 9.59 Å². The minimum absolute atomic E-state index is 0.0812. The summed E-state index contributed by atoms with van der Waals surface area (Å²) in [6.45, 7) is 6.44. The van der Waals surface area contributed by atoms with Gasteiger partial charge in [-0.15, -0.1) is 0 Å². The highest BCUT2D eigenvalue weighted by Crippen LogP contribution is 2.18. The summed E-state index contributed by atoms with van der Waals surface area (Å²) in [7, 11) is 0. The van der Waals surface area contributed by atoms with Crippen molar-refractivity contribution >= 4 is 11.9 Å². The zero-order chi connectivity index (χ0) is 41.7. The molecule has 0 aliphatic carbocycles. The number of nitrogens with one attached hydrogen (secondary N) is 1. The highest BCUT2D eigenvalue weighted by Gasteiger charge is 2.24. The van der Waals surface area contributed by atoms with Gasteiger partial charge >= 0.3 is 5.97 Å². The van der Waals surface area contributed by atoms with E-state index >= 15 is 0 Å². The molecular formula is C51H99NO5. The van der Waals surface area contributed by atoms with Gasteiger partial charge in [0.15, 0.2) is 0 Å². The molecule has 0 radical (unpaired) electrons. The van der Waals surface area contributed by atoms with Gasteiger partial charge in [-0.1, -0.05) is 232 Å². The van der Waals surface area contributed by atoms with Gasteiger partial charge in [0.25, 0.3) is 0 Å². The molecule has 0 rings (SSSR count). The quantitative estimate of drug-likeness (QED) is 0.0323. The maximum Gasteiger partial charge on any atom is 0.306 e. The topological polar surface area (TPSA) is 95.9 Å². The number of allylic oxidation sites excluding steroid dienone is 2. The van der Waals surface area contributed by atoms with Crippen LogP contribution in [-0.2, 0) is 14.3 Å². The lowest BCUT2D eigenvalue weighted by molar-refractivity contribution is -0.151. The van der Waals surface area contributed by atoms with Crippen LogP contribution in [0.3, 0.4) is 0 Å². The van der Waals surface area contributed by atoms with Crippen molar-refractivity contribution in [1.82, 2.24) is 5.32 Å². The molecule has 6 nitrogen and oxygen atoms in total. The highest BCUT2D eigenvalue weighted by atomic mass is 16.5. The minimum Gasteiger partial charge on any atom is -0.462 e. The first-order chi connectivity index (χ1) is 28.0. The van der Waals surface area contributed by atoms with Crippen LogP contribution in [0.4, 0.5) is 0 Å². The average Bonchev–Trinajstić information content (AvgIpc) is 3.20. The molecule has 0 heterocycles. The standard InChI is InChI=1S/C51H99NO5/c1-4-7-10-13-16-19-22-23-24-25-26-27-29-30-33-36-39-42-47(57-51(56)44-41-38-35-32-21-18-15-12-9-6-3)45-50(55)52-48(46-53)49(54)43-40-37-34-31-28-20-17-14-11-8-5-2/h12,15,47-49,53-54H,4-11,13-14,16-46H2,1-3H3,(H,52,55)/b15-12-. The molecular weight excluding hydrogens is 707 g/mol. The lowest BCUT2D eigenvalue weighted by Crippen LogP contribution is -2.46. The summed E-state index contributed by atoms with van der Waals surface area (Å²) < 4.78 is 5.92. The lowest BCUT2D eigenvalue weighted by atomic mass is 10.0. The first-order valence-corrected chi connectivity index (χ1v) is 25.4. The number of hydrogen-bond acceptors (Lipinski definition) is 5. The van der Waals surface area contributed by atoms with Crippen molar-refractivity contribution in [2.75, 3.05) is 6.61 Å². The number of ether oxygens (including phenoxy) is 1. The Morgan fingerprint density at radius 2 is 0.877 bits per heavy atom. The molecule has 3 N–H and O–H groups in total. The van der Waals surface area contributed by atoms with Gasteiger partial charge in [0.2, 0.25) is 5.91 Å². The summed E-state index contributed by atoms with van der Waals surface area (Å²) in [5.41, 5.74) is 0. The van der Waals surface area contributed by atoms with Gasteiger partial charge < -0.3 is 20.3 Å². The molecule has 6 heteroatoms. The third kappa shape index (κ3) is 41.1. The molecule has 57 heavy (non-hydrogen) atoms. The molecule has 0 saturated heterocycles. The smallest absolute Gasteiger partial charge is 0.306 e. The van der Waals surface area contributed by atoms with Crippen LogP contribution in [-0.4, -0.2) is 46.9 Å². The second-order valence-electron chi connectivity index (χ2n) is 17.6. The summed E-state index contributed by atoms with van der Waals surface area (Å²) in [6.07, 6.45) is 49.9. The van der Waals surface area contributed by atoms with Gasteiger partial charge in [-0.05, 0) is 44.9 Å². The van der Waals surface area contributed by atoms with E-state index in [2.05, 4.69) is 38.2 Å². The van der Waals surface area contributed by atoms with Crippen LogP contribution in [0.15, 0.2) is 12.2 Å². The summed E-state index contributed by atoms with van der Waals surface area (Å²) in [5, 5.41) is 23.7. The Hall–Kier alpha value is -1.40. The molecule has 0 aliphatic heterocycles. The Bertz CT molecular complexity index is 863. The van der Waals surface area contributed by atoms with Crippen molar-refractivity contribution in [3.05, 3.63) is 12.2 Å². The van der Waals surface area contributed by atoms with Gasteiger partial charge in [0, 0.05) is 6.42 Å². The van der Waals surface area contributed by atoms with Crippen molar-refractivity contribution in [3.8, 4) is 0 Å². The number of unbranched alkanes of at least 4 members (excludes halogenated alkanes) is 32. The first-order valence-electron chi connectivity index (χ1n) is 25.4. The largest absolute Gasteiger partial charge is 0.462 e. The zero-order valence-corrected chi connectivity index (χ0v) is 38.5. The van der Waals surface area contributed by atoms with E-state index in [4.69, 9.17) is 4.74 Å². The van der Waals surface area contributed by atoms with Crippen molar-refractivity contribution in [2.45, 2.75) is 296 Å². The second-order valence-corrected chi connectivity index (χ2v) is 17.6. The van der Waals surface area contributed by atoms with E-state index in [1.807, 2.05) is 0 Å². The van der Waals surface area contributed by atoms with Crippen molar-refractivity contribution in [1.29, 1.82) is 0 Å². The van der Waals surface area contributed by atoms with E-state index in [9.17, 15) is 19.8 Å². The zero-order valence-electron chi connectivity index (χ0n) is 38.5. The van der Waals surface area contributed by atoms with Gasteiger partial charge in [-0.2, -0.15) is 0 Å². The number of rotatable bonds is 46. The van der Waals surface area contributed by atoms with Gasteiger partial charge in [0.05, 0.1) is 25.2 Å².